The lowest BCUT2D eigenvalue weighted by Crippen LogP contribution is -2.51. The van der Waals surface area contributed by atoms with Gasteiger partial charge in [-0.25, -0.2) is 4.39 Å². The Morgan fingerprint density at radius 3 is 2.25 bits per heavy atom. The molecule has 1 heterocycles. The van der Waals surface area contributed by atoms with Gasteiger partial charge < -0.3 is 42.4 Å². The standard InChI is InChI=1S/C28H37BF4N6O5/c1-27(2)24-19(29(43)44-27)14-18(15-20(24)30)37-26(42)22(13-16-3-5-17(6-4-16)28(31,32)33)38-25(41)21(36)7-8-23(40)39(11-9-34)12-10-35/h3-6,14-15,21-22,43H,7-13,34-36H2,1-2H3,(H,37,42)(H,38,41). The number of fused-ring (bicyclic) bond motifs is 1. The molecule has 0 bridgehead atoms. The zero-order chi connectivity index (χ0) is 32.8. The number of benzene rings is 2. The highest BCUT2D eigenvalue weighted by atomic mass is 19.4. The highest BCUT2D eigenvalue weighted by Crippen LogP contribution is 2.33. The maximum atomic E-state index is 15.0. The molecule has 3 amide bonds. The summed E-state index contributed by atoms with van der Waals surface area (Å²) >= 11 is 0. The van der Waals surface area contributed by atoms with E-state index >= 15 is 4.39 Å². The predicted octanol–water partition coefficient (Wildman–Crippen LogP) is 0.317. The Hall–Kier alpha value is -3.57. The molecule has 0 aromatic heterocycles. The number of alkyl halides is 3. The molecule has 0 saturated heterocycles. The number of anilines is 1. The van der Waals surface area contributed by atoms with Crippen molar-refractivity contribution >= 4 is 36.0 Å². The first kappa shape index (κ1) is 34.9. The van der Waals surface area contributed by atoms with E-state index in [0.717, 1.165) is 18.2 Å². The molecular weight excluding hydrogens is 587 g/mol. The number of rotatable bonds is 13. The van der Waals surface area contributed by atoms with Gasteiger partial charge in [0.05, 0.1) is 17.2 Å². The Bertz CT molecular complexity index is 1340. The average molecular weight is 624 g/mol. The van der Waals surface area contributed by atoms with Crippen LogP contribution in [-0.2, 0) is 37.2 Å². The zero-order valence-electron chi connectivity index (χ0n) is 24.4. The SMILES string of the molecule is CC1(C)OB(O)c2cc(NC(=O)C(Cc3ccc(C(F)(F)F)cc3)NC(=O)C(N)CCC(=O)N(CCN)CCN)cc(F)c21. The fourth-order valence-electron chi connectivity index (χ4n) is 4.96. The first-order chi connectivity index (χ1) is 20.6. The highest BCUT2D eigenvalue weighted by Gasteiger charge is 2.43. The smallest absolute Gasteiger partial charge is 0.423 e. The van der Waals surface area contributed by atoms with E-state index < -0.39 is 54.2 Å². The van der Waals surface area contributed by atoms with Crippen molar-refractivity contribution in [3.8, 4) is 0 Å². The lowest BCUT2D eigenvalue weighted by molar-refractivity contribution is -0.137. The molecule has 11 nitrogen and oxygen atoms in total. The number of nitrogens with two attached hydrogens (primary N) is 3. The summed E-state index contributed by atoms with van der Waals surface area (Å²) in [4.78, 5) is 40.3. The second-order valence-corrected chi connectivity index (χ2v) is 11.0. The van der Waals surface area contributed by atoms with Gasteiger partial charge in [-0.1, -0.05) is 12.1 Å². The van der Waals surface area contributed by atoms with Gasteiger partial charge in [0.15, 0.2) is 0 Å². The van der Waals surface area contributed by atoms with Crippen molar-refractivity contribution in [2.45, 2.75) is 57.0 Å². The minimum absolute atomic E-state index is 0.0481. The normalized spacial score (nSPS) is 15.4. The first-order valence-electron chi connectivity index (χ1n) is 14.0. The molecule has 2 aromatic carbocycles. The van der Waals surface area contributed by atoms with Crippen LogP contribution in [0.2, 0.25) is 0 Å². The van der Waals surface area contributed by atoms with Gasteiger partial charge >= 0.3 is 13.3 Å². The van der Waals surface area contributed by atoms with Crippen LogP contribution in [0.15, 0.2) is 36.4 Å². The van der Waals surface area contributed by atoms with Gasteiger partial charge in [-0.3, -0.25) is 14.4 Å². The van der Waals surface area contributed by atoms with E-state index in [0.29, 0.717) is 0 Å². The quantitative estimate of drug-likeness (QED) is 0.136. The Kier molecular flexibility index (Phi) is 11.5. The maximum Gasteiger partial charge on any atom is 0.492 e. The molecule has 16 heteroatoms. The molecule has 44 heavy (non-hydrogen) atoms. The van der Waals surface area contributed by atoms with Gasteiger partial charge in [0, 0.05) is 50.3 Å². The average Bonchev–Trinajstić information content (AvgIpc) is 3.18. The largest absolute Gasteiger partial charge is 0.492 e. The van der Waals surface area contributed by atoms with Crippen LogP contribution in [0.3, 0.4) is 0 Å². The maximum absolute atomic E-state index is 15.0. The highest BCUT2D eigenvalue weighted by molar-refractivity contribution is 6.62. The first-order valence-corrected chi connectivity index (χ1v) is 14.0. The Morgan fingerprint density at radius 1 is 1.07 bits per heavy atom. The molecule has 240 valence electrons. The van der Waals surface area contributed by atoms with Crippen LogP contribution in [0.1, 0.15) is 43.4 Å². The molecule has 2 atom stereocenters. The number of halogens is 4. The van der Waals surface area contributed by atoms with E-state index in [1.165, 1.54) is 23.1 Å². The number of nitrogens with zero attached hydrogens (tertiary/aromatic N) is 1. The van der Waals surface area contributed by atoms with Gasteiger partial charge in [0.2, 0.25) is 17.7 Å². The molecule has 2 unspecified atom stereocenters. The number of carbonyl (C=O) groups excluding carboxylic acids is 3. The molecule has 0 radical (unpaired) electrons. The molecule has 1 aliphatic heterocycles. The van der Waals surface area contributed by atoms with E-state index in [9.17, 15) is 32.6 Å². The topological polar surface area (TPSA) is 186 Å². The van der Waals surface area contributed by atoms with Crippen LogP contribution in [0.4, 0.5) is 23.2 Å². The number of amides is 3. The number of carbonyl (C=O) groups is 3. The van der Waals surface area contributed by atoms with Gasteiger partial charge in [-0.15, -0.1) is 0 Å². The summed E-state index contributed by atoms with van der Waals surface area (Å²) in [6.45, 7) is 4.13. The summed E-state index contributed by atoms with van der Waals surface area (Å²) < 4.78 is 59.5. The molecule has 0 saturated carbocycles. The van der Waals surface area contributed by atoms with Crippen LogP contribution in [0, 0.1) is 5.82 Å². The molecule has 0 fully saturated rings. The monoisotopic (exact) mass is 624 g/mol. The van der Waals surface area contributed by atoms with Crippen molar-refractivity contribution in [2.75, 3.05) is 31.5 Å². The van der Waals surface area contributed by atoms with Crippen molar-refractivity contribution in [1.29, 1.82) is 0 Å². The minimum Gasteiger partial charge on any atom is -0.423 e. The van der Waals surface area contributed by atoms with E-state index in [2.05, 4.69) is 10.6 Å². The van der Waals surface area contributed by atoms with Crippen molar-refractivity contribution in [3.63, 3.8) is 0 Å². The summed E-state index contributed by atoms with van der Waals surface area (Å²) in [6, 6.07) is 3.81. The van der Waals surface area contributed by atoms with Gasteiger partial charge in [0.1, 0.15) is 11.9 Å². The Balaban J connectivity index is 1.79. The summed E-state index contributed by atoms with van der Waals surface area (Å²) in [5.74, 6) is -2.67. The zero-order valence-corrected chi connectivity index (χ0v) is 24.4. The number of hydrogen-bond donors (Lipinski definition) is 6. The lowest BCUT2D eigenvalue weighted by atomic mass is 9.78. The van der Waals surface area contributed by atoms with Crippen LogP contribution in [0.25, 0.3) is 0 Å². The fourth-order valence-corrected chi connectivity index (χ4v) is 4.96. The van der Waals surface area contributed by atoms with Crippen molar-refractivity contribution in [2.24, 2.45) is 17.2 Å². The van der Waals surface area contributed by atoms with Crippen LogP contribution in [-0.4, -0.2) is 73.0 Å². The molecule has 2 aromatic rings. The third-order valence-corrected chi connectivity index (χ3v) is 7.17. The van der Waals surface area contributed by atoms with E-state index in [4.69, 9.17) is 21.9 Å². The summed E-state index contributed by atoms with van der Waals surface area (Å²) in [6.07, 6.45) is -4.99. The van der Waals surface area contributed by atoms with Crippen LogP contribution < -0.4 is 33.3 Å². The van der Waals surface area contributed by atoms with Crippen molar-refractivity contribution < 1.29 is 41.6 Å². The molecule has 9 N–H and O–H groups in total. The van der Waals surface area contributed by atoms with Crippen molar-refractivity contribution in [1.82, 2.24) is 10.2 Å². The lowest BCUT2D eigenvalue weighted by Gasteiger charge is -2.23. The predicted molar refractivity (Wildman–Crippen MR) is 156 cm³/mol. The molecule has 0 aliphatic carbocycles. The Morgan fingerprint density at radius 2 is 1.68 bits per heavy atom. The second-order valence-electron chi connectivity index (χ2n) is 11.0. The van der Waals surface area contributed by atoms with E-state index in [-0.39, 0.29) is 73.6 Å². The minimum atomic E-state index is -4.57. The van der Waals surface area contributed by atoms with Gasteiger partial charge in [-0.2, -0.15) is 13.2 Å². The molecular formula is C28H37BF4N6O5. The number of nitrogens with one attached hydrogen (secondary N) is 2. The fraction of sp³-hybridized carbons (Fsp3) is 0.464. The van der Waals surface area contributed by atoms with E-state index in [1.54, 1.807) is 13.8 Å². The van der Waals surface area contributed by atoms with Gasteiger partial charge in [-0.05, 0) is 55.6 Å². The third-order valence-electron chi connectivity index (χ3n) is 7.17. The second kappa shape index (κ2) is 14.5. The third kappa shape index (κ3) is 8.76. The summed E-state index contributed by atoms with van der Waals surface area (Å²) in [7, 11) is -1.44. The van der Waals surface area contributed by atoms with Gasteiger partial charge in [0.25, 0.3) is 0 Å². The Labute approximate surface area is 252 Å². The van der Waals surface area contributed by atoms with E-state index in [1.807, 2.05) is 0 Å². The summed E-state index contributed by atoms with van der Waals surface area (Å²) in [5.41, 5.74) is 15.5. The van der Waals surface area contributed by atoms with Crippen LogP contribution in [0.5, 0.6) is 0 Å². The van der Waals surface area contributed by atoms with Crippen molar-refractivity contribution in [3.05, 3.63) is 58.9 Å². The number of hydrogen-bond acceptors (Lipinski definition) is 8. The molecule has 1 aliphatic rings. The molecule has 3 rings (SSSR count). The summed E-state index contributed by atoms with van der Waals surface area (Å²) in [5, 5.41) is 15.2. The van der Waals surface area contributed by atoms with Crippen LogP contribution >= 0.6 is 0 Å². The molecule has 0 spiro atoms.